The number of rotatable bonds is 7. The Balaban J connectivity index is 1.25. The van der Waals surface area contributed by atoms with Gasteiger partial charge in [0.2, 0.25) is 0 Å². The maximum atomic E-state index is 12.9. The van der Waals surface area contributed by atoms with Crippen molar-refractivity contribution in [3.8, 4) is 0 Å². The number of nitrogens with zero attached hydrogens (tertiary/aromatic N) is 2. The third-order valence-corrected chi connectivity index (χ3v) is 7.62. The van der Waals surface area contributed by atoms with E-state index in [1.807, 2.05) is 29.2 Å². The fourth-order valence-corrected chi connectivity index (χ4v) is 5.65. The topological polar surface area (TPSA) is 82.8 Å². The third kappa shape index (κ3) is 5.58. The standard InChI is InChI=1S/C29H31N5OS/c1-20(33-24-9-5-8-22(17-24)16-21-6-3-2-4-7-21)32-19-23-10-11-26-25(28(23)30)18-27(36-26)29(35)34-14-12-31-13-15-34/h2-6,8-11,17-19,21,31,33H,1,7,12-16,30H2. The van der Waals surface area contributed by atoms with E-state index in [0.717, 1.165) is 65.2 Å². The Morgan fingerprint density at radius 1 is 1.22 bits per heavy atom. The van der Waals surface area contributed by atoms with E-state index >= 15 is 0 Å². The van der Waals surface area contributed by atoms with E-state index in [0.29, 0.717) is 17.4 Å². The number of piperazine rings is 1. The van der Waals surface area contributed by atoms with Gasteiger partial charge in [-0.25, -0.2) is 4.99 Å². The summed E-state index contributed by atoms with van der Waals surface area (Å²) in [5.74, 6) is 1.14. The smallest absolute Gasteiger partial charge is 0.264 e. The van der Waals surface area contributed by atoms with E-state index in [1.165, 1.54) is 16.9 Å². The van der Waals surface area contributed by atoms with Crippen molar-refractivity contribution in [2.75, 3.05) is 37.2 Å². The number of fused-ring (bicyclic) bond motifs is 1. The maximum Gasteiger partial charge on any atom is 0.264 e. The quantitative estimate of drug-likeness (QED) is 0.309. The van der Waals surface area contributed by atoms with E-state index in [2.05, 4.69) is 64.7 Å². The largest absolute Gasteiger partial charge is 0.398 e. The molecule has 1 aliphatic carbocycles. The molecule has 0 bridgehead atoms. The Hall–Kier alpha value is -3.68. The fraction of sp³-hybridized carbons (Fsp3) is 0.241. The number of allylic oxidation sites excluding steroid dienone is 4. The summed E-state index contributed by atoms with van der Waals surface area (Å²) in [7, 11) is 0. The Morgan fingerprint density at radius 3 is 2.89 bits per heavy atom. The Labute approximate surface area is 215 Å². The van der Waals surface area contributed by atoms with Gasteiger partial charge in [-0.2, -0.15) is 0 Å². The number of thiophene rings is 1. The molecule has 6 nitrogen and oxygen atoms in total. The number of anilines is 2. The molecule has 0 spiro atoms. The number of benzene rings is 2. The number of carbonyl (C=O) groups excluding carboxylic acids is 1. The van der Waals surface area contributed by atoms with Gasteiger partial charge in [0.05, 0.1) is 4.88 Å². The van der Waals surface area contributed by atoms with Crippen LogP contribution < -0.4 is 16.4 Å². The minimum absolute atomic E-state index is 0.0723. The van der Waals surface area contributed by atoms with Gasteiger partial charge in [0.1, 0.15) is 5.82 Å². The van der Waals surface area contributed by atoms with Crippen LogP contribution in [0.25, 0.3) is 10.1 Å². The lowest BCUT2D eigenvalue weighted by atomic mass is 9.93. The van der Waals surface area contributed by atoms with Gasteiger partial charge in [-0.1, -0.05) is 43.0 Å². The Kier molecular flexibility index (Phi) is 7.30. The molecule has 0 saturated carbocycles. The van der Waals surface area contributed by atoms with Gasteiger partial charge >= 0.3 is 0 Å². The molecule has 1 aliphatic heterocycles. The zero-order chi connectivity index (χ0) is 24.9. The molecule has 36 heavy (non-hydrogen) atoms. The molecule has 2 aromatic carbocycles. The fourth-order valence-electron chi connectivity index (χ4n) is 4.60. The second kappa shape index (κ2) is 10.9. The normalized spacial score (nSPS) is 17.7. The van der Waals surface area contributed by atoms with Crippen LogP contribution in [0.4, 0.5) is 11.4 Å². The first-order valence-electron chi connectivity index (χ1n) is 12.3. The van der Waals surface area contributed by atoms with Gasteiger partial charge < -0.3 is 21.3 Å². The summed E-state index contributed by atoms with van der Waals surface area (Å²) in [6, 6.07) is 14.2. The first kappa shape index (κ1) is 24.0. The van der Waals surface area contributed by atoms with Gasteiger partial charge in [0, 0.05) is 59.4 Å². The molecule has 1 saturated heterocycles. The van der Waals surface area contributed by atoms with Crippen molar-refractivity contribution in [2.45, 2.75) is 12.8 Å². The maximum absolute atomic E-state index is 12.9. The molecule has 1 amide bonds. The molecule has 2 aliphatic rings. The van der Waals surface area contributed by atoms with Crippen LogP contribution in [0.2, 0.25) is 0 Å². The van der Waals surface area contributed by atoms with Crippen molar-refractivity contribution in [3.63, 3.8) is 0 Å². The van der Waals surface area contributed by atoms with Crippen LogP contribution >= 0.6 is 11.3 Å². The SMILES string of the molecule is C=C(N=Cc1ccc2sc(C(=O)N3CCNCC3)cc2c1N)Nc1cccc(CC2C=CC=CC2)c1. The van der Waals surface area contributed by atoms with Crippen molar-refractivity contribution in [2.24, 2.45) is 10.9 Å². The summed E-state index contributed by atoms with van der Waals surface area (Å²) < 4.78 is 1.00. The van der Waals surface area contributed by atoms with Crippen LogP contribution in [0, 0.1) is 5.92 Å². The van der Waals surface area contributed by atoms with Crippen LogP contribution in [-0.2, 0) is 6.42 Å². The number of carbonyl (C=O) groups is 1. The van der Waals surface area contributed by atoms with E-state index in [-0.39, 0.29) is 5.91 Å². The molecular formula is C29H31N5OS. The monoisotopic (exact) mass is 497 g/mol. The van der Waals surface area contributed by atoms with Gasteiger partial charge in [0.15, 0.2) is 0 Å². The summed E-state index contributed by atoms with van der Waals surface area (Å²) in [5, 5.41) is 7.45. The molecule has 1 unspecified atom stereocenters. The van der Waals surface area contributed by atoms with E-state index in [1.54, 1.807) is 6.21 Å². The van der Waals surface area contributed by atoms with Gasteiger partial charge in [-0.05, 0) is 54.7 Å². The second-order valence-corrected chi connectivity index (χ2v) is 10.3. The van der Waals surface area contributed by atoms with Crippen LogP contribution in [0.15, 0.2) is 84.2 Å². The number of nitrogens with one attached hydrogen (secondary N) is 2. The van der Waals surface area contributed by atoms with Crippen molar-refractivity contribution in [1.82, 2.24) is 10.2 Å². The predicted octanol–water partition coefficient (Wildman–Crippen LogP) is 5.21. The lowest BCUT2D eigenvalue weighted by Gasteiger charge is -2.26. The molecule has 1 atom stereocenters. The van der Waals surface area contributed by atoms with Gasteiger partial charge in [0.25, 0.3) is 5.91 Å². The van der Waals surface area contributed by atoms with Crippen molar-refractivity contribution in [3.05, 3.63) is 95.2 Å². The molecule has 0 radical (unpaired) electrons. The molecule has 5 rings (SSSR count). The highest BCUT2D eigenvalue weighted by Gasteiger charge is 2.20. The summed E-state index contributed by atoms with van der Waals surface area (Å²) in [5.41, 5.74) is 10.1. The summed E-state index contributed by atoms with van der Waals surface area (Å²) in [4.78, 5) is 20.0. The van der Waals surface area contributed by atoms with E-state index < -0.39 is 0 Å². The number of hydrogen-bond donors (Lipinski definition) is 3. The number of amides is 1. The van der Waals surface area contributed by atoms with Gasteiger partial charge in [-0.3, -0.25) is 4.79 Å². The van der Waals surface area contributed by atoms with Crippen molar-refractivity contribution in [1.29, 1.82) is 0 Å². The molecule has 4 N–H and O–H groups in total. The Morgan fingerprint density at radius 2 is 2.08 bits per heavy atom. The average molecular weight is 498 g/mol. The van der Waals surface area contributed by atoms with Crippen molar-refractivity contribution < 1.29 is 4.79 Å². The minimum atomic E-state index is 0.0723. The molecule has 1 aromatic heterocycles. The summed E-state index contributed by atoms with van der Waals surface area (Å²) in [6.07, 6.45) is 12.5. The number of aliphatic imine (C=N–C) groups is 1. The van der Waals surface area contributed by atoms with Crippen molar-refractivity contribution >= 4 is 44.9 Å². The predicted molar refractivity (Wildman–Crippen MR) is 152 cm³/mol. The van der Waals surface area contributed by atoms with Crippen LogP contribution in [-0.4, -0.2) is 43.2 Å². The molecular weight excluding hydrogens is 466 g/mol. The van der Waals surface area contributed by atoms with Gasteiger partial charge in [-0.15, -0.1) is 11.3 Å². The van der Waals surface area contributed by atoms with Crippen LogP contribution in [0.3, 0.4) is 0 Å². The lowest BCUT2D eigenvalue weighted by Crippen LogP contribution is -2.46. The zero-order valence-electron chi connectivity index (χ0n) is 20.2. The zero-order valence-corrected chi connectivity index (χ0v) is 21.1. The van der Waals surface area contributed by atoms with Crippen LogP contribution in [0.5, 0.6) is 0 Å². The molecule has 3 aromatic rings. The number of nitrogens with two attached hydrogens (primary N) is 1. The molecule has 7 heteroatoms. The Bertz CT molecular complexity index is 1360. The highest BCUT2D eigenvalue weighted by Crippen LogP contribution is 2.32. The molecule has 2 heterocycles. The first-order chi connectivity index (χ1) is 17.6. The average Bonchev–Trinajstić information content (AvgIpc) is 3.34. The number of hydrogen-bond acceptors (Lipinski definition) is 6. The van der Waals surface area contributed by atoms with E-state index in [9.17, 15) is 4.79 Å². The minimum Gasteiger partial charge on any atom is -0.398 e. The first-order valence-corrected chi connectivity index (χ1v) is 13.1. The lowest BCUT2D eigenvalue weighted by molar-refractivity contribution is 0.0741. The third-order valence-electron chi connectivity index (χ3n) is 6.53. The van der Waals surface area contributed by atoms with E-state index in [4.69, 9.17) is 5.73 Å². The molecule has 184 valence electrons. The summed E-state index contributed by atoms with van der Waals surface area (Å²) in [6.45, 7) is 7.18. The second-order valence-electron chi connectivity index (χ2n) is 9.18. The van der Waals surface area contributed by atoms with Crippen LogP contribution in [0.1, 0.15) is 27.2 Å². The highest BCUT2D eigenvalue weighted by molar-refractivity contribution is 7.20. The summed E-state index contributed by atoms with van der Waals surface area (Å²) >= 11 is 1.49. The highest BCUT2D eigenvalue weighted by atomic mass is 32.1. The molecule has 1 fully saturated rings. The number of nitrogen functional groups attached to an aromatic ring is 1.